The molecule has 0 bridgehead atoms. The molecule has 6 rings (SSSR count). The van der Waals surface area contributed by atoms with Gasteiger partial charge in [0.25, 0.3) is 0 Å². The highest BCUT2D eigenvalue weighted by Gasteiger charge is 2.42. The van der Waals surface area contributed by atoms with Gasteiger partial charge in [0.1, 0.15) is 11.5 Å². The lowest BCUT2D eigenvalue weighted by Gasteiger charge is -2.39. The Labute approximate surface area is 217 Å². The molecule has 1 aromatic carbocycles. The summed E-state index contributed by atoms with van der Waals surface area (Å²) in [6, 6.07) is 8.03. The molecule has 2 aromatic rings. The molecule has 1 aromatic heterocycles. The summed E-state index contributed by atoms with van der Waals surface area (Å²) in [6.07, 6.45) is 4.71. The Morgan fingerprint density at radius 3 is 2.53 bits per heavy atom. The highest BCUT2D eigenvalue weighted by molar-refractivity contribution is 6.31. The lowest BCUT2D eigenvalue weighted by atomic mass is 9.78. The topological polar surface area (TPSA) is 74.1 Å². The normalized spacial score (nSPS) is 25.6. The highest BCUT2D eigenvalue weighted by Crippen LogP contribution is 2.41. The fourth-order valence-electron chi connectivity index (χ4n) is 6.47. The second-order valence-corrected chi connectivity index (χ2v) is 11.5. The van der Waals surface area contributed by atoms with Crippen LogP contribution in [0.4, 0.5) is 10.5 Å². The van der Waals surface area contributed by atoms with E-state index in [1.165, 1.54) is 15.9 Å². The predicted molar refractivity (Wildman–Crippen MR) is 139 cm³/mol. The number of benzene rings is 1. The lowest BCUT2D eigenvalue weighted by molar-refractivity contribution is 0.118. The molecule has 36 heavy (non-hydrogen) atoms. The first-order chi connectivity index (χ1) is 17.4. The van der Waals surface area contributed by atoms with E-state index in [9.17, 15) is 9.90 Å². The molecule has 9 heteroatoms. The smallest absolute Gasteiger partial charge is 0.344 e. The van der Waals surface area contributed by atoms with Crippen LogP contribution in [0.15, 0.2) is 37.0 Å². The van der Waals surface area contributed by atoms with Crippen molar-refractivity contribution in [2.75, 3.05) is 57.4 Å². The maximum absolute atomic E-state index is 12.8. The van der Waals surface area contributed by atoms with Crippen molar-refractivity contribution in [2.45, 2.75) is 25.8 Å². The van der Waals surface area contributed by atoms with E-state index >= 15 is 0 Å². The number of halogens is 1. The standard InChI is InChI=1S/C27H34ClN5O3/c1-19(34)25-4-8-33(29-25)26(35)31-10-6-27(7-11-31)5-9-30(18-27)13-20-2-3-23(12-24(20)28)32-14-21-16-36-17-22(21)15-32/h2-4,8,12,21-22,34H,1,5-7,9-11,13-18H2. The number of fused-ring (bicyclic) bond motifs is 1. The van der Waals surface area contributed by atoms with Crippen LogP contribution < -0.4 is 4.90 Å². The van der Waals surface area contributed by atoms with Gasteiger partial charge in [-0.25, -0.2) is 4.79 Å². The first-order valence-electron chi connectivity index (χ1n) is 13.0. The Hall–Kier alpha value is -2.55. The van der Waals surface area contributed by atoms with E-state index in [0.717, 1.165) is 83.3 Å². The van der Waals surface area contributed by atoms with Gasteiger partial charge in [-0.1, -0.05) is 24.2 Å². The van der Waals surface area contributed by atoms with Crippen LogP contribution in [0.1, 0.15) is 30.5 Å². The number of aromatic nitrogens is 2. The van der Waals surface area contributed by atoms with Crippen molar-refractivity contribution in [3.8, 4) is 0 Å². The van der Waals surface area contributed by atoms with Gasteiger partial charge in [0.15, 0.2) is 0 Å². The van der Waals surface area contributed by atoms with Gasteiger partial charge in [0.05, 0.1) is 13.2 Å². The van der Waals surface area contributed by atoms with Gasteiger partial charge in [-0.3, -0.25) is 4.90 Å². The zero-order valence-electron chi connectivity index (χ0n) is 20.6. The van der Waals surface area contributed by atoms with Crippen LogP contribution in [-0.2, 0) is 11.3 Å². The minimum absolute atomic E-state index is 0.131. The van der Waals surface area contributed by atoms with Crippen LogP contribution in [0.3, 0.4) is 0 Å². The molecule has 5 heterocycles. The molecule has 0 radical (unpaired) electrons. The number of ether oxygens (including phenoxy) is 1. The second kappa shape index (κ2) is 9.39. The quantitative estimate of drug-likeness (QED) is 0.623. The van der Waals surface area contributed by atoms with Crippen molar-refractivity contribution >= 4 is 29.1 Å². The molecular formula is C27H34ClN5O3. The minimum atomic E-state index is -0.145. The number of carbonyl (C=O) groups is 1. The Balaban J connectivity index is 1.03. The summed E-state index contributed by atoms with van der Waals surface area (Å²) in [5.41, 5.74) is 2.99. The summed E-state index contributed by atoms with van der Waals surface area (Å²) in [6.45, 7) is 11.8. The fraction of sp³-hybridized carbons (Fsp3) is 0.556. The number of carbonyl (C=O) groups excluding carboxylic acids is 1. The molecule has 8 nitrogen and oxygen atoms in total. The molecule has 4 aliphatic heterocycles. The lowest BCUT2D eigenvalue weighted by Crippen LogP contribution is -2.45. The molecule has 4 fully saturated rings. The van der Waals surface area contributed by atoms with Gasteiger partial charge in [0, 0.05) is 68.0 Å². The van der Waals surface area contributed by atoms with Crippen molar-refractivity contribution in [1.82, 2.24) is 19.6 Å². The van der Waals surface area contributed by atoms with E-state index in [-0.39, 0.29) is 17.2 Å². The van der Waals surface area contributed by atoms with Gasteiger partial charge in [-0.05, 0) is 55.0 Å². The maximum Gasteiger partial charge on any atom is 0.344 e. The van der Waals surface area contributed by atoms with Crippen LogP contribution in [-0.4, -0.2) is 83.2 Å². The summed E-state index contributed by atoms with van der Waals surface area (Å²) in [5.74, 6) is 1.18. The summed E-state index contributed by atoms with van der Waals surface area (Å²) in [4.78, 5) is 19.7. The zero-order chi connectivity index (χ0) is 24.9. The number of likely N-dealkylation sites (tertiary alicyclic amines) is 2. The van der Waals surface area contributed by atoms with Gasteiger partial charge in [-0.2, -0.15) is 9.78 Å². The van der Waals surface area contributed by atoms with Gasteiger partial charge in [0.2, 0.25) is 0 Å². The molecule has 192 valence electrons. The average Bonchev–Trinajstić information content (AvgIpc) is 3.65. The Morgan fingerprint density at radius 1 is 1.14 bits per heavy atom. The first kappa shape index (κ1) is 23.8. The molecule has 2 atom stereocenters. The molecule has 4 saturated heterocycles. The predicted octanol–water partition coefficient (Wildman–Crippen LogP) is 4.10. The van der Waals surface area contributed by atoms with Gasteiger partial charge < -0.3 is 19.6 Å². The van der Waals surface area contributed by atoms with Gasteiger partial charge in [-0.15, -0.1) is 0 Å². The van der Waals surface area contributed by atoms with Crippen molar-refractivity contribution < 1.29 is 14.6 Å². The maximum atomic E-state index is 12.8. The molecule has 2 unspecified atom stereocenters. The molecule has 4 aliphatic rings. The Kier molecular flexibility index (Phi) is 6.22. The second-order valence-electron chi connectivity index (χ2n) is 11.1. The number of amides is 1. The number of nitrogens with zero attached hydrogens (tertiary/aromatic N) is 5. The molecular weight excluding hydrogens is 478 g/mol. The third-order valence-electron chi connectivity index (χ3n) is 8.73. The Bertz CT molecular complexity index is 1150. The number of hydrogen-bond acceptors (Lipinski definition) is 6. The van der Waals surface area contributed by atoms with E-state index in [0.29, 0.717) is 17.5 Å². The monoisotopic (exact) mass is 511 g/mol. The van der Waals surface area contributed by atoms with Crippen LogP contribution in [0.25, 0.3) is 5.76 Å². The number of aliphatic hydroxyl groups is 1. The molecule has 1 spiro atoms. The largest absolute Gasteiger partial charge is 0.506 e. The highest BCUT2D eigenvalue weighted by atomic mass is 35.5. The number of rotatable bonds is 4. The summed E-state index contributed by atoms with van der Waals surface area (Å²) < 4.78 is 6.91. The summed E-state index contributed by atoms with van der Waals surface area (Å²) >= 11 is 6.77. The molecule has 0 aliphatic carbocycles. The van der Waals surface area contributed by atoms with E-state index in [1.807, 2.05) is 4.90 Å². The van der Waals surface area contributed by atoms with Crippen LogP contribution >= 0.6 is 11.6 Å². The summed E-state index contributed by atoms with van der Waals surface area (Å²) in [7, 11) is 0. The SMILES string of the molecule is C=C(O)c1ccn(C(=O)N2CCC3(CCN(Cc4ccc(N5CC6COCC6C5)cc4Cl)C3)CC2)n1. The minimum Gasteiger partial charge on any atom is -0.506 e. The third-order valence-corrected chi connectivity index (χ3v) is 9.08. The Morgan fingerprint density at radius 2 is 1.86 bits per heavy atom. The number of hydrogen-bond donors (Lipinski definition) is 1. The fourth-order valence-corrected chi connectivity index (χ4v) is 6.71. The van der Waals surface area contributed by atoms with Crippen LogP contribution in [0, 0.1) is 17.3 Å². The van der Waals surface area contributed by atoms with E-state index in [4.69, 9.17) is 16.3 Å². The molecule has 0 saturated carbocycles. The molecule has 1 amide bonds. The van der Waals surface area contributed by atoms with Crippen LogP contribution in [0.2, 0.25) is 5.02 Å². The van der Waals surface area contributed by atoms with Crippen LogP contribution in [0.5, 0.6) is 0 Å². The van der Waals surface area contributed by atoms with Crippen molar-refractivity contribution in [1.29, 1.82) is 0 Å². The van der Waals surface area contributed by atoms with Crippen molar-refractivity contribution in [3.63, 3.8) is 0 Å². The van der Waals surface area contributed by atoms with E-state index in [1.54, 1.807) is 12.3 Å². The van der Waals surface area contributed by atoms with E-state index in [2.05, 4.69) is 39.7 Å². The number of aliphatic hydroxyl groups excluding tert-OH is 1. The number of piperidine rings is 1. The van der Waals surface area contributed by atoms with Gasteiger partial charge >= 0.3 is 6.03 Å². The molecule has 1 N–H and O–H groups in total. The summed E-state index contributed by atoms with van der Waals surface area (Å²) in [5, 5.41) is 14.5. The first-order valence-corrected chi connectivity index (χ1v) is 13.3. The average molecular weight is 512 g/mol. The number of anilines is 1. The zero-order valence-corrected chi connectivity index (χ0v) is 21.4. The van der Waals surface area contributed by atoms with Crippen molar-refractivity contribution in [3.05, 3.63) is 53.3 Å². The third kappa shape index (κ3) is 4.51. The van der Waals surface area contributed by atoms with E-state index < -0.39 is 0 Å². The van der Waals surface area contributed by atoms with Crippen molar-refractivity contribution in [2.24, 2.45) is 17.3 Å².